The third-order valence-electron chi connectivity index (χ3n) is 7.45. The van der Waals surface area contributed by atoms with E-state index >= 15 is 0 Å². The van der Waals surface area contributed by atoms with Crippen LogP contribution in [0.1, 0.15) is 31.2 Å². The molecule has 5 heterocycles. The van der Waals surface area contributed by atoms with Gasteiger partial charge in [-0.2, -0.15) is 0 Å². The second-order valence-corrected chi connectivity index (χ2v) is 11.4. The Balaban J connectivity index is 1.21. The number of ether oxygens (including phenoxy) is 1. The fourth-order valence-corrected chi connectivity index (χ4v) is 6.94. The molecule has 0 saturated carbocycles. The number of piperazine rings is 1. The summed E-state index contributed by atoms with van der Waals surface area (Å²) < 4.78 is 7.20. The molecular formula is C29H23ClN4O4S. The maximum atomic E-state index is 13.2. The number of aromatic nitrogens is 1. The van der Waals surface area contributed by atoms with Crippen molar-refractivity contribution in [2.75, 3.05) is 26.2 Å². The van der Waals surface area contributed by atoms with Gasteiger partial charge in [0.25, 0.3) is 17.7 Å². The van der Waals surface area contributed by atoms with Gasteiger partial charge in [0.15, 0.2) is 6.10 Å². The Labute approximate surface area is 233 Å². The van der Waals surface area contributed by atoms with E-state index in [1.54, 1.807) is 30.5 Å². The molecule has 2 aromatic carbocycles. The number of carbonyl (C=O) groups is 3. The molecule has 3 aliphatic heterocycles. The molecule has 10 heteroatoms. The van der Waals surface area contributed by atoms with Crippen LogP contribution in [0.4, 0.5) is 0 Å². The highest BCUT2D eigenvalue weighted by molar-refractivity contribution is 7.19. The molecule has 0 aliphatic carbocycles. The van der Waals surface area contributed by atoms with Crippen LogP contribution in [0.25, 0.3) is 21.3 Å². The zero-order valence-corrected chi connectivity index (χ0v) is 22.3. The molecule has 0 spiro atoms. The van der Waals surface area contributed by atoms with Crippen molar-refractivity contribution in [1.29, 1.82) is 0 Å². The number of fused-ring (bicyclic) bond motifs is 3. The number of imide groups is 1. The molecule has 0 unspecified atom stereocenters. The van der Waals surface area contributed by atoms with Gasteiger partial charge in [-0.15, -0.1) is 11.3 Å². The van der Waals surface area contributed by atoms with Gasteiger partial charge in [-0.25, -0.2) is 0 Å². The Hall–Kier alpha value is -3.79. The number of thiophene rings is 1. The molecule has 7 rings (SSSR count). The van der Waals surface area contributed by atoms with E-state index < -0.39 is 6.10 Å². The summed E-state index contributed by atoms with van der Waals surface area (Å²) in [4.78, 5) is 47.5. The first-order valence-electron chi connectivity index (χ1n) is 12.8. The standard InChI is InChI=1S/C29H23ClN4O4S/c30-17-11-16-12-24(29(37)33-9-7-31-8-10-33)38-25(16)22(13-17)19-5-6-32-23-14-18(39-26(19)23)15-34-27(35)20-3-1-2-4-21(20)28(34)36/h1-6,11,13-14,24,31H,7-10,12,15H2/t24-/m1/s1. The van der Waals surface area contributed by atoms with Crippen molar-refractivity contribution in [3.63, 3.8) is 0 Å². The maximum Gasteiger partial charge on any atom is 0.264 e. The van der Waals surface area contributed by atoms with Crippen molar-refractivity contribution in [2.24, 2.45) is 0 Å². The summed E-state index contributed by atoms with van der Waals surface area (Å²) in [6.07, 6.45) is 1.61. The molecule has 1 saturated heterocycles. The Bertz CT molecular complexity index is 1640. The summed E-state index contributed by atoms with van der Waals surface area (Å²) in [5.74, 6) is 0.0784. The van der Waals surface area contributed by atoms with E-state index in [1.165, 1.54) is 16.2 Å². The first-order chi connectivity index (χ1) is 19.0. The number of benzene rings is 2. The maximum absolute atomic E-state index is 13.2. The minimum atomic E-state index is -0.583. The number of nitrogens with one attached hydrogen (secondary N) is 1. The lowest BCUT2D eigenvalue weighted by molar-refractivity contribution is -0.138. The van der Waals surface area contributed by atoms with Crippen molar-refractivity contribution in [2.45, 2.75) is 19.1 Å². The summed E-state index contributed by atoms with van der Waals surface area (Å²) >= 11 is 8.03. The predicted molar refractivity (Wildman–Crippen MR) is 148 cm³/mol. The molecule has 3 amide bonds. The number of hydrogen-bond acceptors (Lipinski definition) is 7. The van der Waals surface area contributed by atoms with Crippen LogP contribution >= 0.6 is 22.9 Å². The van der Waals surface area contributed by atoms with Crippen molar-refractivity contribution >= 4 is 50.9 Å². The number of pyridine rings is 1. The Kier molecular flexibility index (Phi) is 5.88. The summed E-state index contributed by atoms with van der Waals surface area (Å²) in [6, 6.07) is 14.4. The van der Waals surface area contributed by atoms with E-state index in [1.807, 2.05) is 29.2 Å². The van der Waals surface area contributed by atoms with E-state index in [-0.39, 0.29) is 24.3 Å². The average Bonchev–Trinajstić information content (AvgIpc) is 3.64. The van der Waals surface area contributed by atoms with E-state index in [9.17, 15) is 14.4 Å². The Morgan fingerprint density at radius 1 is 1.03 bits per heavy atom. The zero-order chi connectivity index (χ0) is 26.7. The fraction of sp³-hybridized carbons (Fsp3) is 0.241. The van der Waals surface area contributed by atoms with Crippen molar-refractivity contribution in [3.05, 3.63) is 81.3 Å². The number of nitrogens with zero attached hydrogens (tertiary/aromatic N) is 3. The van der Waals surface area contributed by atoms with Crippen LogP contribution in [-0.2, 0) is 17.8 Å². The summed E-state index contributed by atoms with van der Waals surface area (Å²) in [5.41, 5.74) is 4.20. The average molecular weight is 559 g/mol. The number of amides is 3. The number of rotatable bonds is 4. The van der Waals surface area contributed by atoms with Gasteiger partial charge < -0.3 is 15.0 Å². The van der Waals surface area contributed by atoms with Crippen LogP contribution in [0.2, 0.25) is 5.02 Å². The first-order valence-corrected chi connectivity index (χ1v) is 14.0. The molecular weight excluding hydrogens is 536 g/mol. The lowest BCUT2D eigenvalue weighted by Gasteiger charge is -2.29. The lowest BCUT2D eigenvalue weighted by atomic mass is 10.0. The normalized spacial score (nSPS) is 18.4. The largest absolute Gasteiger partial charge is 0.479 e. The number of carbonyl (C=O) groups excluding carboxylic acids is 3. The molecule has 0 radical (unpaired) electrons. The van der Waals surface area contributed by atoms with Gasteiger partial charge in [-0.05, 0) is 36.4 Å². The SMILES string of the molecule is O=C([C@H]1Cc2cc(Cl)cc(-c3ccnc4cc(CN5C(=O)c6ccccc6C5=O)sc34)c2O1)N1CCNCC1. The Morgan fingerprint density at radius 3 is 2.51 bits per heavy atom. The molecule has 8 nitrogen and oxygen atoms in total. The van der Waals surface area contributed by atoms with Gasteiger partial charge in [-0.1, -0.05) is 23.7 Å². The molecule has 1 fully saturated rings. The summed E-state index contributed by atoms with van der Waals surface area (Å²) in [5, 5.41) is 3.83. The zero-order valence-electron chi connectivity index (χ0n) is 20.8. The molecule has 39 heavy (non-hydrogen) atoms. The molecule has 4 aromatic rings. The molecule has 196 valence electrons. The summed E-state index contributed by atoms with van der Waals surface area (Å²) in [7, 11) is 0. The minimum Gasteiger partial charge on any atom is -0.479 e. The number of hydrogen-bond donors (Lipinski definition) is 1. The third-order valence-corrected chi connectivity index (χ3v) is 8.81. The summed E-state index contributed by atoms with van der Waals surface area (Å²) in [6.45, 7) is 3.05. The minimum absolute atomic E-state index is 0.00555. The van der Waals surface area contributed by atoms with Crippen LogP contribution in [-0.4, -0.2) is 64.8 Å². The second-order valence-electron chi connectivity index (χ2n) is 9.86. The topological polar surface area (TPSA) is 91.8 Å². The molecule has 2 aromatic heterocycles. The third kappa shape index (κ3) is 4.09. The van der Waals surface area contributed by atoms with E-state index in [0.717, 1.165) is 44.9 Å². The van der Waals surface area contributed by atoms with Gasteiger partial charge >= 0.3 is 0 Å². The highest BCUT2D eigenvalue weighted by Gasteiger charge is 2.37. The van der Waals surface area contributed by atoms with Crippen LogP contribution < -0.4 is 10.1 Å². The van der Waals surface area contributed by atoms with Gasteiger partial charge in [0.2, 0.25) is 0 Å². The van der Waals surface area contributed by atoms with Crippen molar-refractivity contribution in [1.82, 2.24) is 20.1 Å². The molecule has 0 bridgehead atoms. The fourth-order valence-electron chi connectivity index (χ4n) is 5.57. The van der Waals surface area contributed by atoms with Gasteiger partial charge in [0.1, 0.15) is 5.75 Å². The highest BCUT2D eigenvalue weighted by atomic mass is 35.5. The van der Waals surface area contributed by atoms with Crippen molar-refractivity contribution < 1.29 is 19.1 Å². The predicted octanol–water partition coefficient (Wildman–Crippen LogP) is 4.15. The van der Waals surface area contributed by atoms with Crippen molar-refractivity contribution in [3.8, 4) is 16.9 Å². The van der Waals surface area contributed by atoms with Gasteiger partial charge in [0.05, 0.1) is 27.9 Å². The van der Waals surface area contributed by atoms with Gasteiger partial charge in [-0.3, -0.25) is 24.3 Å². The second kappa shape index (κ2) is 9.44. The van der Waals surface area contributed by atoms with E-state index in [0.29, 0.717) is 41.4 Å². The van der Waals surface area contributed by atoms with E-state index in [2.05, 4.69) is 10.3 Å². The molecule has 1 atom stereocenters. The highest BCUT2D eigenvalue weighted by Crippen LogP contribution is 2.45. The molecule has 3 aliphatic rings. The van der Waals surface area contributed by atoms with Crippen LogP contribution in [0, 0.1) is 0 Å². The lowest BCUT2D eigenvalue weighted by Crippen LogP contribution is -2.50. The van der Waals surface area contributed by atoms with E-state index in [4.69, 9.17) is 16.3 Å². The van der Waals surface area contributed by atoms with Crippen LogP contribution in [0.5, 0.6) is 5.75 Å². The molecule has 1 N–H and O–H groups in total. The van der Waals surface area contributed by atoms with Gasteiger partial charge in [0, 0.05) is 65.4 Å². The monoisotopic (exact) mass is 558 g/mol. The smallest absolute Gasteiger partial charge is 0.264 e. The Morgan fingerprint density at radius 2 is 1.77 bits per heavy atom. The first kappa shape index (κ1) is 24.3. The quantitative estimate of drug-likeness (QED) is 0.378. The van der Waals surface area contributed by atoms with Crippen LogP contribution in [0.15, 0.2) is 54.7 Å². The van der Waals surface area contributed by atoms with Crippen LogP contribution in [0.3, 0.4) is 0 Å². The number of halogens is 1.